The fourth-order valence-electron chi connectivity index (χ4n) is 5.60. The number of carbonyl (C=O) groups is 2. The lowest BCUT2D eigenvalue weighted by Gasteiger charge is -2.30. The van der Waals surface area contributed by atoms with Crippen molar-refractivity contribution in [2.75, 3.05) is 0 Å². The molecule has 3 rings (SSSR count). The molecule has 3 aliphatic carbocycles. The summed E-state index contributed by atoms with van der Waals surface area (Å²) >= 11 is 0. The van der Waals surface area contributed by atoms with Gasteiger partial charge in [-0.2, -0.15) is 0 Å². The van der Waals surface area contributed by atoms with E-state index in [-0.39, 0.29) is 11.8 Å². The van der Waals surface area contributed by atoms with Gasteiger partial charge in [-0.25, -0.2) is 0 Å². The van der Waals surface area contributed by atoms with Crippen molar-refractivity contribution >= 4 is 11.8 Å². The summed E-state index contributed by atoms with van der Waals surface area (Å²) in [5.74, 6) is 2.04. The molecule has 0 heterocycles. The molecule has 4 nitrogen and oxygen atoms in total. The van der Waals surface area contributed by atoms with Gasteiger partial charge in [-0.05, 0) is 50.4 Å². The van der Waals surface area contributed by atoms with Gasteiger partial charge < -0.3 is 10.6 Å². The van der Waals surface area contributed by atoms with E-state index >= 15 is 0 Å². The summed E-state index contributed by atoms with van der Waals surface area (Å²) in [5.41, 5.74) is 0. The molecule has 0 aliphatic heterocycles. The predicted molar refractivity (Wildman–Crippen MR) is 114 cm³/mol. The Kier molecular flexibility index (Phi) is 9.14. The Morgan fingerprint density at radius 1 is 0.536 bits per heavy atom. The van der Waals surface area contributed by atoms with Crippen molar-refractivity contribution < 1.29 is 9.59 Å². The number of rotatable bonds is 8. The zero-order valence-corrected chi connectivity index (χ0v) is 17.9. The largest absolute Gasteiger partial charge is 0.353 e. The minimum atomic E-state index is 0.241. The third kappa shape index (κ3) is 7.75. The zero-order valence-electron chi connectivity index (χ0n) is 17.9. The van der Waals surface area contributed by atoms with Crippen LogP contribution in [0.2, 0.25) is 0 Å². The summed E-state index contributed by atoms with van der Waals surface area (Å²) in [5, 5.41) is 6.50. The molecule has 3 aliphatic rings. The van der Waals surface area contributed by atoms with E-state index in [4.69, 9.17) is 0 Å². The van der Waals surface area contributed by atoms with Crippen LogP contribution in [0.1, 0.15) is 116 Å². The first-order chi connectivity index (χ1) is 13.7. The molecule has 0 aromatic heterocycles. The fourth-order valence-corrected chi connectivity index (χ4v) is 5.60. The Morgan fingerprint density at radius 3 is 1.25 bits per heavy atom. The second kappa shape index (κ2) is 11.8. The average Bonchev–Trinajstić information content (AvgIpc) is 2.74. The van der Waals surface area contributed by atoms with E-state index < -0.39 is 0 Å². The van der Waals surface area contributed by atoms with Crippen molar-refractivity contribution in [3.8, 4) is 0 Å². The van der Waals surface area contributed by atoms with Crippen LogP contribution in [0.3, 0.4) is 0 Å². The SMILES string of the molecule is O=C(CCC1CCCCC1)NC1CCC(NC(=O)CCC2CCCCC2)CC1. The minimum absolute atomic E-state index is 0.241. The third-order valence-electron chi connectivity index (χ3n) is 7.47. The van der Waals surface area contributed by atoms with E-state index in [0.717, 1.165) is 50.4 Å². The second-order valence-electron chi connectivity index (χ2n) is 9.77. The molecule has 0 unspecified atom stereocenters. The maximum atomic E-state index is 12.3. The highest BCUT2D eigenvalue weighted by atomic mass is 16.2. The van der Waals surface area contributed by atoms with Gasteiger partial charge in [-0.3, -0.25) is 9.59 Å². The van der Waals surface area contributed by atoms with Gasteiger partial charge in [-0.1, -0.05) is 64.2 Å². The Balaban J connectivity index is 1.24. The van der Waals surface area contributed by atoms with Crippen molar-refractivity contribution in [1.29, 1.82) is 0 Å². The maximum absolute atomic E-state index is 12.3. The van der Waals surface area contributed by atoms with Crippen LogP contribution in [0.4, 0.5) is 0 Å². The number of hydrogen-bond acceptors (Lipinski definition) is 2. The van der Waals surface area contributed by atoms with Crippen LogP contribution >= 0.6 is 0 Å². The van der Waals surface area contributed by atoms with Crippen molar-refractivity contribution in [3.63, 3.8) is 0 Å². The van der Waals surface area contributed by atoms with E-state index in [1.165, 1.54) is 64.2 Å². The molecule has 0 radical (unpaired) electrons. The van der Waals surface area contributed by atoms with Gasteiger partial charge in [0.25, 0.3) is 0 Å². The standard InChI is InChI=1S/C24H42N2O2/c27-23(17-11-19-7-3-1-4-8-19)25-21-13-15-22(16-14-21)26-24(28)18-12-20-9-5-2-6-10-20/h19-22H,1-18H2,(H,25,27)(H,26,28). The van der Waals surface area contributed by atoms with Crippen molar-refractivity contribution in [2.45, 2.75) is 128 Å². The molecule has 0 aromatic carbocycles. The smallest absolute Gasteiger partial charge is 0.220 e. The van der Waals surface area contributed by atoms with Gasteiger partial charge in [0.2, 0.25) is 11.8 Å². The molecule has 0 saturated heterocycles. The first-order valence-corrected chi connectivity index (χ1v) is 12.3. The van der Waals surface area contributed by atoms with Crippen LogP contribution in [-0.2, 0) is 9.59 Å². The molecule has 0 bridgehead atoms. The molecule has 2 N–H and O–H groups in total. The highest BCUT2D eigenvalue weighted by Gasteiger charge is 2.24. The van der Waals surface area contributed by atoms with Crippen LogP contribution in [0.25, 0.3) is 0 Å². The van der Waals surface area contributed by atoms with Crippen molar-refractivity contribution in [2.24, 2.45) is 11.8 Å². The first-order valence-electron chi connectivity index (χ1n) is 12.3. The van der Waals surface area contributed by atoms with Crippen LogP contribution in [-0.4, -0.2) is 23.9 Å². The topological polar surface area (TPSA) is 58.2 Å². The van der Waals surface area contributed by atoms with Crippen LogP contribution in [0.5, 0.6) is 0 Å². The molecular formula is C24H42N2O2. The van der Waals surface area contributed by atoms with E-state index in [1.54, 1.807) is 0 Å². The van der Waals surface area contributed by atoms with E-state index in [9.17, 15) is 9.59 Å². The van der Waals surface area contributed by atoms with Gasteiger partial charge in [0.05, 0.1) is 0 Å². The van der Waals surface area contributed by atoms with E-state index in [2.05, 4.69) is 10.6 Å². The fraction of sp³-hybridized carbons (Fsp3) is 0.917. The maximum Gasteiger partial charge on any atom is 0.220 e. The summed E-state index contributed by atoms with van der Waals surface area (Å²) in [4.78, 5) is 24.5. The molecule has 3 saturated carbocycles. The number of carbonyl (C=O) groups excluding carboxylic acids is 2. The monoisotopic (exact) mass is 390 g/mol. The molecule has 2 amide bonds. The summed E-state index contributed by atoms with van der Waals surface area (Å²) in [7, 11) is 0. The Morgan fingerprint density at radius 2 is 0.893 bits per heavy atom. The normalized spacial score (nSPS) is 27.3. The molecule has 160 valence electrons. The predicted octanol–water partition coefficient (Wildman–Crippen LogP) is 5.25. The Labute approximate surface area is 172 Å². The van der Waals surface area contributed by atoms with Crippen LogP contribution < -0.4 is 10.6 Å². The Hall–Kier alpha value is -1.06. The van der Waals surface area contributed by atoms with Gasteiger partial charge in [0.1, 0.15) is 0 Å². The first kappa shape index (κ1) is 21.6. The van der Waals surface area contributed by atoms with Crippen molar-refractivity contribution in [3.05, 3.63) is 0 Å². The zero-order chi connectivity index (χ0) is 19.6. The lowest BCUT2D eigenvalue weighted by atomic mass is 9.85. The average molecular weight is 391 g/mol. The summed E-state index contributed by atoms with van der Waals surface area (Å²) < 4.78 is 0. The molecule has 0 atom stereocenters. The third-order valence-corrected chi connectivity index (χ3v) is 7.47. The molecule has 0 aromatic rings. The van der Waals surface area contributed by atoms with E-state index in [1.807, 2.05) is 0 Å². The molecular weight excluding hydrogens is 348 g/mol. The Bertz CT molecular complexity index is 429. The minimum Gasteiger partial charge on any atom is -0.353 e. The van der Waals surface area contributed by atoms with Gasteiger partial charge >= 0.3 is 0 Å². The second-order valence-corrected chi connectivity index (χ2v) is 9.77. The lowest BCUT2D eigenvalue weighted by molar-refractivity contribution is -0.124. The lowest BCUT2D eigenvalue weighted by Crippen LogP contribution is -2.43. The number of amides is 2. The van der Waals surface area contributed by atoms with Crippen LogP contribution in [0, 0.1) is 11.8 Å². The number of nitrogens with one attached hydrogen (secondary N) is 2. The van der Waals surface area contributed by atoms with Gasteiger partial charge in [-0.15, -0.1) is 0 Å². The van der Waals surface area contributed by atoms with Crippen LogP contribution in [0.15, 0.2) is 0 Å². The molecule has 3 fully saturated rings. The quantitative estimate of drug-likeness (QED) is 0.594. The summed E-state index contributed by atoms with van der Waals surface area (Å²) in [6.45, 7) is 0. The highest BCUT2D eigenvalue weighted by Crippen LogP contribution is 2.28. The summed E-state index contributed by atoms with van der Waals surface area (Å²) in [6.07, 6.45) is 21.0. The molecule has 4 heteroatoms. The van der Waals surface area contributed by atoms with Gasteiger partial charge in [0.15, 0.2) is 0 Å². The number of hydrogen-bond donors (Lipinski definition) is 2. The highest BCUT2D eigenvalue weighted by molar-refractivity contribution is 5.76. The molecule has 28 heavy (non-hydrogen) atoms. The van der Waals surface area contributed by atoms with Gasteiger partial charge in [0, 0.05) is 24.9 Å². The molecule has 0 spiro atoms. The van der Waals surface area contributed by atoms with Crippen molar-refractivity contribution in [1.82, 2.24) is 10.6 Å². The van der Waals surface area contributed by atoms with E-state index in [0.29, 0.717) is 24.9 Å². The summed E-state index contributed by atoms with van der Waals surface area (Å²) in [6, 6.07) is 0.628.